The van der Waals surface area contributed by atoms with Crippen molar-refractivity contribution >= 4 is 11.6 Å². The molecule has 2 rings (SSSR count). The highest BCUT2D eigenvalue weighted by Gasteiger charge is 2.19. The molecule has 0 aromatic heterocycles. The Morgan fingerprint density at radius 3 is 2.81 bits per heavy atom. The number of hydrogen-bond acceptors (Lipinski definition) is 4. The number of halogens is 1. The molecule has 0 unspecified atom stereocenters. The SMILES string of the molecule is COc1cc(CNC[C@@H]2CCO[C@H](C)C2)cc(Cl)c1OC. The molecule has 1 aromatic rings. The Morgan fingerprint density at radius 2 is 2.14 bits per heavy atom. The number of hydrogen-bond donors (Lipinski definition) is 1. The molecule has 0 radical (unpaired) electrons. The van der Waals surface area contributed by atoms with E-state index in [1.807, 2.05) is 12.1 Å². The number of rotatable bonds is 6. The van der Waals surface area contributed by atoms with Gasteiger partial charge in [0, 0.05) is 13.2 Å². The Bertz CT molecular complexity index is 467. The van der Waals surface area contributed by atoms with Gasteiger partial charge in [-0.05, 0) is 49.9 Å². The molecule has 1 aliphatic rings. The topological polar surface area (TPSA) is 39.7 Å². The van der Waals surface area contributed by atoms with Crippen LogP contribution in [0.15, 0.2) is 12.1 Å². The molecular weight excluding hydrogens is 290 g/mol. The summed E-state index contributed by atoms with van der Waals surface area (Å²) in [5.41, 5.74) is 1.10. The molecule has 21 heavy (non-hydrogen) atoms. The van der Waals surface area contributed by atoms with E-state index in [9.17, 15) is 0 Å². The fourth-order valence-electron chi connectivity index (χ4n) is 2.77. The smallest absolute Gasteiger partial charge is 0.179 e. The molecule has 2 atom stereocenters. The third kappa shape index (κ3) is 4.50. The van der Waals surface area contributed by atoms with Gasteiger partial charge in [-0.3, -0.25) is 0 Å². The van der Waals surface area contributed by atoms with Crippen molar-refractivity contribution < 1.29 is 14.2 Å². The molecule has 4 nitrogen and oxygen atoms in total. The van der Waals surface area contributed by atoms with E-state index >= 15 is 0 Å². The minimum atomic E-state index is 0.376. The van der Waals surface area contributed by atoms with E-state index in [1.165, 1.54) is 0 Å². The lowest BCUT2D eigenvalue weighted by Gasteiger charge is -2.27. The largest absolute Gasteiger partial charge is 0.493 e. The highest BCUT2D eigenvalue weighted by atomic mass is 35.5. The van der Waals surface area contributed by atoms with Crippen molar-refractivity contribution in [3.05, 3.63) is 22.7 Å². The maximum absolute atomic E-state index is 6.21. The summed E-state index contributed by atoms with van der Waals surface area (Å²) in [4.78, 5) is 0. The molecule has 1 fully saturated rings. The van der Waals surface area contributed by atoms with Gasteiger partial charge in [0.1, 0.15) is 0 Å². The van der Waals surface area contributed by atoms with Crippen LogP contribution in [0.25, 0.3) is 0 Å². The van der Waals surface area contributed by atoms with Gasteiger partial charge in [0.05, 0.1) is 25.3 Å². The van der Waals surface area contributed by atoms with E-state index < -0.39 is 0 Å². The molecule has 118 valence electrons. The van der Waals surface area contributed by atoms with E-state index in [-0.39, 0.29) is 0 Å². The second-order valence-corrected chi connectivity index (χ2v) is 5.92. The summed E-state index contributed by atoms with van der Waals surface area (Å²) in [6.07, 6.45) is 2.63. The molecule has 0 aliphatic carbocycles. The first kappa shape index (κ1) is 16.4. The van der Waals surface area contributed by atoms with Crippen molar-refractivity contribution in [1.29, 1.82) is 0 Å². The zero-order chi connectivity index (χ0) is 15.2. The lowest BCUT2D eigenvalue weighted by atomic mass is 9.96. The van der Waals surface area contributed by atoms with E-state index in [0.29, 0.717) is 28.5 Å². The van der Waals surface area contributed by atoms with Crippen LogP contribution in [-0.2, 0) is 11.3 Å². The first-order valence-corrected chi connectivity index (χ1v) is 7.74. The molecule has 5 heteroatoms. The van der Waals surface area contributed by atoms with Crippen LogP contribution < -0.4 is 14.8 Å². The van der Waals surface area contributed by atoms with Gasteiger partial charge in [0.25, 0.3) is 0 Å². The first-order valence-electron chi connectivity index (χ1n) is 7.36. The number of ether oxygens (including phenoxy) is 3. The van der Waals surface area contributed by atoms with Crippen LogP contribution in [0.5, 0.6) is 11.5 Å². The quantitative estimate of drug-likeness (QED) is 0.875. The Labute approximate surface area is 131 Å². The number of nitrogens with one attached hydrogen (secondary N) is 1. The van der Waals surface area contributed by atoms with Crippen molar-refractivity contribution in [1.82, 2.24) is 5.32 Å². The fraction of sp³-hybridized carbons (Fsp3) is 0.625. The maximum Gasteiger partial charge on any atom is 0.179 e. The standard InChI is InChI=1S/C16H24ClNO3/c1-11-6-12(4-5-21-11)9-18-10-13-7-14(17)16(20-3)15(8-13)19-2/h7-8,11-12,18H,4-6,9-10H2,1-3H3/t11-,12-/m1/s1. The predicted octanol–water partition coefficient (Wildman–Crippen LogP) is 3.26. The summed E-state index contributed by atoms with van der Waals surface area (Å²) in [5, 5.41) is 4.07. The van der Waals surface area contributed by atoms with Crippen molar-refractivity contribution in [2.75, 3.05) is 27.4 Å². The van der Waals surface area contributed by atoms with Gasteiger partial charge in [-0.2, -0.15) is 0 Å². The van der Waals surface area contributed by atoms with E-state index in [4.69, 9.17) is 25.8 Å². The molecule has 1 heterocycles. The van der Waals surface area contributed by atoms with Crippen LogP contribution in [0.3, 0.4) is 0 Å². The fourth-order valence-corrected chi connectivity index (χ4v) is 3.08. The van der Waals surface area contributed by atoms with E-state index in [0.717, 1.165) is 38.1 Å². The van der Waals surface area contributed by atoms with Crippen LogP contribution in [0, 0.1) is 5.92 Å². The van der Waals surface area contributed by atoms with Crippen LogP contribution >= 0.6 is 11.6 Å². The average Bonchev–Trinajstić information content (AvgIpc) is 2.46. The van der Waals surface area contributed by atoms with Crippen LogP contribution in [0.2, 0.25) is 5.02 Å². The third-order valence-corrected chi connectivity index (χ3v) is 4.13. The minimum Gasteiger partial charge on any atom is -0.493 e. The van der Waals surface area contributed by atoms with Gasteiger partial charge in [-0.15, -0.1) is 0 Å². The zero-order valence-corrected chi connectivity index (χ0v) is 13.7. The van der Waals surface area contributed by atoms with Crippen molar-refractivity contribution in [3.8, 4) is 11.5 Å². The summed E-state index contributed by atoms with van der Waals surface area (Å²) in [6, 6.07) is 3.88. The number of methoxy groups -OCH3 is 2. The van der Waals surface area contributed by atoms with Gasteiger partial charge < -0.3 is 19.5 Å². The summed E-state index contributed by atoms with van der Waals surface area (Å²) in [7, 11) is 3.21. The Hall–Kier alpha value is -0.970. The summed E-state index contributed by atoms with van der Waals surface area (Å²) in [6.45, 7) is 4.78. The van der Waals surface area contributed by atoms with Gasteiger partial charge >= 0.3 is 0 Å². The molecule has 0 amide bonds. The van der Waals surface area contributed by atoms with Crippen LogP contribution in [-0.4, -0.2) is 33.5 Å². The van der Waals surface area contributed by atoms with Gasteiger partial charge in [0.15, 0.2) is 11.5 Å². The summed E-state index contributed by atoms with van der Waals surface area (Å²) < 4.78 is 16.1. The van der Waals surface area contributed by atoms with Crippen molar-refractivity contribution in [2.45, 2.75) is 32.4 Å². The second-order valence-electron chi connectivity index (χ2n) is 5.52. The van der Waals surface area contributed by atoms with Gasteiger partial charge in [-0.1, -0.05) is 11.6 Å². The predicted molar refractivity (Wildman–Crippen MR) is 84.4 cm³/mol. The average molecular weight is 314 g/mol. The van der Waals surface area contributed by atoms with Gasteiger partial charge in [-0.25, -0.2) is 0 Å². The Morgan fingerprint density at radius 1 is 1.33 bits per heavy atom. The van der Waals surface area contributed by atoms with Gasteiger partial charge in [0.2, 0.25) is 0 Å². The minimum absolute atomic E-state index is 0.376. The highest BCUT2D eigenvalue weighted by Crippen LogP contribution is 2.36. The Balaban J connectivity index is 1.89. The molecule has 1 saturated heterocycles. The second kappa shape index (κ2) is 7.87. The molecule has 0 bridgehead atoms. The van der Waals surface area contributed by atoms with Crippen LogP contribution in [0.1, 0.15) is 25.3 Å². The first-order chi connectivity index (χ1) is 10.1. The Kier molecular flexibility index (Phi) is 6.15. The summed E-state index contributed by atoms with van der Waals surface area (Å²) in [5.74, 6) is 1.94. The monoisotopic (exact) mass is 313 g/mol. The zero-order valence-electron chi connectivity index (χ0n) is 12.9. The van der Waals surface area contributed by atoms with E-state index in [2.05, 4.69) is 12.2 Å². The number of benzene rings is 1. The van der Waals surface area contributed by atoms with E-state index in [1.54, 1.807) is 14.2 Å². The van der Waals surface area contributed by atoms with Crippen molar-refractivity contribution in [2.24, 2.45) is 5.92 Å². The molecule has 0 spiro atoms. The normalized spacial score (nSPS) is 22.1. The molecular formula is C16H24ClNO3. The summed E-state index contributed by atoms with van der Waals surface area (Å²) >= 11 is 6.21. The molecule has 1 aliphatic heterocycles. The molecule has 0 saturated carbocycles. The van der Waals surface area contributed by atoms with Crippen molar-refractivity contribution in [3.63, 3.8) is 0 Å². The molecule has 1 N–H and O–H groups in total. The van der Waals surface area contributed by atoms with Crippen LogP contribution in [0.4, 0.5) is 0 Å². The third-order valence-electron chi connectivity index (χ3n) is 3.85. The lowest BCUT2D eigenvalue weighted by Crippen LogP contribution is -2.30. The maximum atomic E-state index is 6.21. The lowest BCUT2D eigenvalue weighted by molar-refractivity contribution is 0.00289. The molecule has 1 aromatic carbocycles. The highest BCUT2D eigenvalue weighted by molar-refractivity contribution is 6.32.